The third kappa shape index (κ3) is 6.38. The number of amides is 2. The summed E-state index contributed by atoms with van der Waals surface area (Å²) in [5.41, 5.74) is 4.04. The summed E-state index contributed by atoms with van der Waals surface area (Å²) >= 11 is 0. The Morgan fingerprint density at radius 2 is 1.75 bits per heavy atom. The number of likely N-dealkylation sites (tertiary alicyclic amines) is 1. The average Bonchev–Trinajstić information content (AvgIpc) is 3.29. The van der Waals surface area contributed by atoms with Crippen LogP contribution in [-0.2, 0) is 14.2 Å². The molecule has 2 aliphatic carbocycles. The van der Waals surface area contributed by atoms with Crippen LogP contribution >= 0.6 is 0 Å². The number of rotatable bonds is 10. The van der Waals surface area contributed by atoms with Gasteiger partial charge >= 0.3 is 7.12 Å². The molecule has 3 fully saturated rings. The minimum Gasteiger partial charge on any atom is -0.507 e. The monoisotopic (exact) mass is 597 g/mol. The molecule has 0 bridgehead atoms. The standard InChI is InChI=1S/C36H44BNO6/c1-2-11-24(20-25-12-9-10-17-31(25)39)18-19-32-33-26(23-43-28-15-7-4-8-16-28)21-29-34(30(33)22-37(42)44-32)36(41)38(35(29)40)27-13-5-3-6-14-27/h4,7-10,12,15-17,20,27,29-30,32,34,39,42H,2-3,5-6,11,13-14,18-19,21-23H2,1H3/b24-20+/t29-,30+,32-,34-/m1/s1. The zero-order chi connectivity index (χ0) is 30.6. The molecule has 0 unspecified atom stereocenters. The summed E-state index contributed by atoms with van der Waals surface area (Å²) in [5, 5.41) is 21.4. The number of hydrogen-bond donors (Lipinski definition) is 2. The number of benzene rings is 2. The number of hydrogen-bond acceptors (Lipinski definition) is 6. The summed E-state index contributed by atoms with van der Waals surface area (Å²) in [6.45, 7) is 2.45. The molecule has 232 valence electrons. The zero-order valence-electron chi connectivity index (χ0n) is 25.7. The van der Waals surface area contributed by atoms with E-state index in [-0.39, 0.29) is 29.5 Å². The van der Waals surface area contributed by atoms with Crippen molar-refractivity contribution < 1.29 is 29.1 Å². The third-order valence-corrected chi connectivity index (χ3v) is 10.0. The van der Waals surface area contributed by atoms with Crippen molar-refractivity contribution in [2.75, 3.05) is 6.61 Å². The number of nitrogens with zero attached hydrogens (tertiary/aromatic N) is 1. The maximum atomic E-state index is 14.1. The van der Waals surface area contributed by atoms with Crippen molar-refractivity contribution in [3.63, 3.8) is 0 Å². The molecule has 2 aromatic rings. The van der Waals surface area contributed by atoms with Gasteiger partial charge in [0.15, 0.2) is 0 Å². The highest BCUT2D eigenvalue weighted by Gasteiger charge is 2.58. The van der Waals surface area contributed by atoms with E-state index < -0.39 is 25.1 Å². The summed E-state index contributed by atoms with van der Waals surface area (Å²) in [6, 6.07) is 17.0. The molecule has 0 spiro atoms. The molecule has 2 heterocycles. The SMILES string of the molecule is CCC/C(=C\c1ccccc1O)CC[C@H]1OB(O)C[C@H]2C1=C(COc1ccccc1)C[C@H]1C(=O)N(C3CCCCC3)C(=O)[C@H]12. The number of aromatic hydroxyl groups is 1. The van der Waals surface area contributed by atoms with Gasteiger partial charge in [-0.2, -0.15) is 0 Å². The van der Waals surface area contributed by atoms with Gasteiger partial charge in [-0.1, -0.05) is 80.7 Å². The molecular weight excluding hydrogens is 553 g/mol. The van der Waals surface area contributed by atoms with Gasteiger partial charge in [0.25, 0.3) is 0 Å². The Bertz CT molecular complexity index is 1400. The molecule has 0 aromatic heterocycles. The van der Waals surface area contributed by atoms with Crippen molar-refractivity contribution in [1.82, 2.24) is 4.90 Å². The highest BCUT2D eigenvalue weighted by atomic mass is 16.5. The Balaban J connectivity index is 1.31. The highest BCUT2D eigenvalue weighted by Crippen LogP contribution is 2.51. The van der Waals surface area contributed by atoms with Gasteiger partial charge in [-0.3, -0.25) is 14.5 Å². The quantitative estimate of drug-likeness (QED) is 0.183. The Labute approximate surface area is 261 Å². The Morgan fingerprint density at radius 1 is 1.00 bits per heavy atom. The lowest BCUT2D eigenvalue weighted by atomic mass is 9.58. The van der Waals surface area contributed by atoms with E-state index in [1.165, 1.54) is 5.57 Å². The molecular formula is C36H44BNO6. The number of carbonyl (C=O) groups is 2. The Morgan fingerprint density at radius 3 is 2.50 bits per heavy atom. The van der Waals surface area contributed by atoms with E-state index in [0.29, 0.717) is 25.8 Å². The number of phenolic OH excluding ortho intramolecular Hbond substituents is 1. The maximum Gasteiger partial charge on any atom is 0.455 e. The number of carbonyl (C=O) groups excluding carboxylic acids is 2. The van der Waals surface area contributed by atoms with Crippen LogP contribution < -0.4 is 4.74 Å². The molecule has 4 aliphatic rings. The van der Waals surface area contributed by atoms with Gasteiger partial charge in [0.05, 0.1) is 17.9 Å². The third-order valence-electron chi connectivity index (χ3n) is 10.0. The fraction of sp³-hybridized carbons (Fsp3) is 0.500. The fourth-order valence-corrected chi connectivity index (χ4v) is 8.04. The predicted octanol–water partition coefficient (Wildman–Crippen LogP) is 6.56. The second-order valence-electron chi connectivity index (χ2n) is 12.9. The van der Waals surface area contributed by atoms with E-state index >= 15 is 0 Å². The van der Waals surface area contributed by atoms with Crippen molar-refractivity contribution in [3.05, 3.63) is 76.9 Å². The smallest absolute Gasteiger partial charge is 0.455 e. The first-order chi connectivity index (χ1) is 21.4. The number of phenols is 1. The van der Waals surface area contributed by atoms with Gasteiger partial charge in [0, 0.05) is 11.6 Å². The Hall–Kier alpha value is -3.36. The second kappa shape index (κ2) is 13.7. The van der Waals surface area contributed by atoms with Gasteiger partial charge in [0.1, 0.15) is 18.1 Å². The normalized spacial score (nSPS) is 26.2. The molecule has 0 radical (unpaired) electrons. The molecule has 2 aromatic carbocycles. The molecule has 1 saturated carbocycles. The van der Waals surface area contributed by atoms with E-state index in [0.717, 1.165) is 73.8 Å². The number of imide groups is 1. The van der Waals surface area contributed by atoms with E-state index in [4.69, 9.17) is 9.39 Å². The molecule has 2 aliphatic heterocycles. The second-order valence-corrected chi connectivity index (χ2v) is 12.9. The van der Waals surface area contributed by atoms with Crippen molar-refractivity contribution in [1.29, 1.82) is 0 Å². The highest BCUT2D eigenvalue weighted by molar-refractivity contribution is 6.43. The Kier molecular flexibility index (Phi) is 9.57. The first kappa shape index (κ1) is 30.7. The van der Waals surface area contributed by atoms with Crippen LogP contribution in [0.5, 0.6) is 11.5 Å². The molecule has 7 nitrogen and oxygen atoms in total. The lowest BCUT2D eigenvalue weighted by Crippen LogP contribution is -2.47. The lowest BCUT2D eigenvalue weighted by Gasteiger charge is -2.43. The van der Waals surface area contributed by atoms with Crippen LogP contribution in [0.25, 0.3) is 6.08 Å². The summed E-state index contributed by atoms with van der Waals surface area (Å²) < 4.78 is 12.5. The van der Waals surface area contributed by atoms with Gasteiger partial charge in [0.2, 0.25) is 11.8 Å². The number of allylic oxidation sites excluding steroid dienone is 1. The molecule has 2 N–H and O–H groups in total. The molecule has 44 heavy (non-hydrogen) atoms. The first-order valence-electron chi connectivity index (χ1n) is 16.5. The summed E-state index contributed by atoms with van der Waals surface area (Å²) in [6.07, 6.45) is 10.6. The van der Waals surface area contributed by atoms with Crippen LogP contribution in [0.15, 0.2) is 71.3 Å². The average molecular weight is 598 g/mol. The molecule has 2 saturated heterocycles. The van der Waals surface area contributed by atoms with Crippen molar-refractivity contribution in [2.24, 2.45) is 17.8 Å². The van der Waals surface area contributed by atoms with Gasteiger partial charge in [-0.25, -0.2) is 0 Å². The van der Waals surface area contributed by atoms with Gasteiger partial charge in [-0.05, 0) is 80.1 Å². The van der Waals surface area contributed by atoms with Crippen LogP contribution in [0, 0.1) is 17.8 Å². The van der Waals surface area contributed by atoms with Crippen LogP contribution in [0.3, 0.4) is 0 Å². The summed E-state index contributed by atoms with van der Waals surface area (Å²) in [4.78, 5) is 29.6. The van der Waals surface area contributed by atoms with E-state index in [1.807, 2.05) is 48.5 Å². The van der Waals surface area contributed by atoms with Crippen LogP contribution in [0.2, 0.25) is 6.32 Å². The zero-order valence-corrected chi connectivity index (χ0v) is 25.7. The summed E-state index contributed by atoms with van der Waals surface area (Å²) in [7, 11) is -1.01. The first-order valence-corrected chi connectivity index (χ1v) is 16.5. The fourth-order valence-electron chi connectivity index (χ4n) is 8.04. The number of ether oxygens (including phenoxy) is 1. The van der Waals surface area contributed by atoms with Crippen molar-refractivity contribution in [2.45, 2.75) is 89.6 Å². The predicted molar refractivity (Wildman–Crippen MR) is 171 cm³/mol. The van der Waals surface area contributed by atoms with Gasteiger partial charge < -0.3 is 19.5 Å². The largest absolute Gasteiger partial charge is 0.507 e. The number of para-hydroxylation sites is 2. The van der Waals surface area contributed by atoms with E-state index in [9.17, 15) is 19.7 Å². The molecule has 4 atom stereocenters. The van der Waals surface area contributed by atoms with Crippen molar-refractivity contribution in [3.8, 4) is 11.5 Å². The minimum absolute atomic E-state index is 0.0153. The topological polar surface area (TPSA) is 96.3 Å². The summed E-state index contributed by atoms with van der Waals surface area (Å²) in [5.74, 6) is -0.255. The van der Waals surface area contributed by atoms with Crippen molar-refractivity contribution >= 4 is 25.0 Å². The van der Waals surface area contributed by atoms with E-state index in [1.54, 1.807) is 11.0 Å². The van der Waals surface area contributed by atoms with E-state index in [2.05, 4.69) is 13.0 Å². The lowest BCUT2D eigenvalue weighted by molar-refractivity contribution is -0.143. The maximum absolute atomic E-state index is 14.1. The molecule has 8 heteroatoms. The van der Waals surface area contributed by atoms with Crippen LogP contribution in [0.4, 0.5) is 0 Å². The van der Waals surface area contributed by atoms with Crippen LogP contribution in [-0.4, -0.2) is 52.7 Å². The van der Waals surface area contributed by atoms with Crippen LogP contribution in [0.1, 0.15) is 76.7 Å². The number of fused-ring (bicyclic) bond motifs is 3. The molecule has 2 amide bonds. The minimum atomic E-state index is -1.01. The van der Waals surface area contributed by atoms with Gasteiger partial charge in [-0.15, -0.1) is 0 Å². The molecule has 6 rings (SSSR count).